The Morgan fingerprint density at radius 2 is 1.83 bits per heavy atom. The molecule has 1 saturated heterocycles. The summed E-state index contributed by atoms with van der Waals surface area (Å²) in [6, 6.07) is 17.3. The Labute approximate surface area is 189 Å². The first-order chi connectivity index (χ1) is 14.3. The quantitative estimate of drug-likeness (QED) is 0.558. The summed E-state index contributed by atoms with van der Waals surface area (Å²) in [5.74, 6) is 1.17. The maximum atomic E-state index is 13.3. The highest BCUT2D eigenvalue weighted by atomic mass is 35.5. The second-order valence-corrected chi connectivity index (χ2v) is 11.0. The van der Waals surface area contributed by atoms with Crippen molar-refractivity contribution in [1.29, 1.82) is 0 Å². The van der Waals surface area contributed by atoms with E-state index in [1.165, 1.54) is 24.0 Å². The van der Waals surface area contributed by atoms with Crippen molar-refractivity contribution in [3.05, 3.63) is 70.2 Å². The van der Waals surface area contributed by atoms with Crippen LogP contribution in [0.5, 0.6) is 0 Å². The molecule has 2 aromatic rings. The van der Waals surface area contributed by atoms with E-state index in [4.69, 9.17) is 11.6 Å². The number of thioether (sulfide) groups is 1. The summed E-state index contributed by atoms with van der Waals surface area (Å²) in [5, 5.41) is 0.769. The summed E-state index contributed by atoms with van der Waals surface area (Å²) in [5.41, 5.74) is 3.83. The number of halogens is 1. The molecule has 2 aliphatic rings. The third kappa shape index (κ3) is 5.04. The Bertz CT molecular complexity index is 889. The second kappa shape index (κ2) is 8.94. The van der Waals surface area contributed by atoms with Crippen molar-refractivity contribution in [3.8, 4) is 0 Å². The number of amides is 1. The van der Waals surface area contributed by atoms with Crippen molar-refractivity contribution in [2.24, 2.45) is 0 Å². The van der Waals surface area contributed by atoms with Crippen LogP contribution in [0, 0.1) is 0 Å². The first-order valence-corrected chi connectivity index (χ1v) is 12.2. The average molecular weight is 443 g/mol. The van der Waals surface area contributed by atoms with Gasteiger partial charge >= 0.3 is 0 Å². The van der Waals surface area contributed by atoms with Gasteiger partial charge in [-0.1, -0.05) is 74.8 Å². The molecule has 0 unspecified atom stereocenters. The Balaban J connectivity index is 1.44. The lowest BCUT2D eigenvalue weighted by Gasteiger charge is -2.29. The number of nitrogens with zero attached hydrogens (tertiary/aromatic N) is 2. The number of hydrogen-bond donors (Lipinski definition) is 0. The molecular weight excluding hydrogens is 412 g/mol. The van der Waals surface area contributed by atoms with Gasteiger partial charge in [0.2, 0.25) is 5.91 Å². The van der Waals surface area contributed by atoms with Crippen LogP contribution in [0.15, 0.2) is 48.5 Å². The van der Waals surface area contributed by atoms with Crippen LogP contribution in [0.2, 0.25) is 5.02 Å². The van der Waals surface area contributed by atoms with Crippen molar-refractivity contribution < 1.29 is 4.79 Å². The molecule has 1 aliphatic heterocycles. The Morgan fingerprint density at radius 3 is 2.47 bits per heavy atom. The minimum absolute atomic E-state index is 0.0262. The van der Waals surface area contributed by atoms with E-state index in [9.17, 15) is 4.79 Å². The van der Waals surface area contributed by atoms with Crippen LogP contribution < -0.4 is 0 Å². The lowest BCUT2D eigenvalue weighted by molar-refractivity contribution is -0.132. The molecule has 0 aromatic heterocycles. The van der Waals surface area contributed by atoms with Gasteiger partial charge in [0.05, 0.1) is 6.54 Å². The molecule has 0 radical (unpaired) electrons. The first-order valence-electron chi connectivity index (χ1n) is 10.8. The molecule has 0 bridgehead atoms. The van der Waals surface area contributed by atoms with E-state index >= 15 is 0 Å². The number of carbonyl (C=O) groups is 1. The Morgan fingerprint density at radius 1 is 1.13 bits per heavy atom. The molecule has 1 atom stereocenters. The van der Waals surface area contributed by atoms with E-state index < -0.39 is 0 Å². The maximum Gasteiger partial charge on any atom is 0.237 e. The predicted octanol–water partition coefficient (Wildman–Crippen LogP) is 5.88. The summed E-state index contributed by atoms with van der Waals surface area (Å²) in [4.78, 5) is 17.7. The molecule has 2 aromatic carbocycles. The zero-order valence-corrected chi connectivity index (χ0v) is 19.7. The highest BCUT2D eigenvalue weighted by Crippen LogP contribution is 2.41. The molecule has 160 valence electrons. The second-order valence-electron chi connectivity index (χ2n) is 9.41. The van der Waals surface area contributed by atoms with Crippen molar-refractivity contribution in [3.63, 3.8) is 0 Å². The number of hydrogen-bond acceptors (Lipinski definition) is 3. The van der Waals surface area contributed by atoms with Gasteiger partial charge in [0.15, 0.2) is 0 Å². The summed E-state index contributed by atoms with van der Waals surface area (Å²) < 4.78 is 0. The van der Waals surface area contributed by atoms with Crippen LogP contribution in [0.1, 0.15) is 55.7 Å². The zero-order valence-electron chi connectivity index (χ0n) is 18.1. The molecule has 1 saturated carbocycles. The number of benzene rings is 2. The molecule has 0 N–H and O–H groups in total. The van der Waals surface area contributed by atoms with E-state index in [-0.39, 0.29) is 16.7 Å². The number of rotatable bonds is 6. The van der Waals surface area contributed by atoms with Crippen molar-refractivity contribution >= 4 is 29.3 Å². The smallest absolute Gasteiger partial charge is 0.237 e. The highest BCUT2D eigenvalue weighted by molar-refractivity contribution is 7.99. The van der Waals surface area contributed by atoms with Gasteiger partial charge in [-0.2, -0.15) is 0 Å². The summed E-state index contributed by atoms with van der Waals surface area (Å²) in [6.45, 7) is 8.81. The molecule has 5 heteroatoms. The van der Waals surface area contributed by atoms with Crippen molar-refractivity contribution in [1.82, 2.24) is 9.80 Å². The van der Waals surface area contributed by atoms with Gasteiger partial charge in [-0.15, -0.1) is 11.8 Å². The Hall–Kier alpha value is -1.49. The highest BCUT2D eigenvalue weighted by Gasteiger charge is 2.36. The van der Waals surface area contributed by atoms with Crippen molar-refractivity contribution in [2.75, 3.05) is 18.8 Å². The third-order valence-electron chi connectivity index (χ3n) is 5.99. The SMILES string of the molecule is CC(C)(C)c1ccc(CN(CC(=O)N2CCS[C@H]2c2ccccc2Cl)C2CC2)cc1. The predicted molar refractivity (Wildman–Crippen MR) is 127 cm³/mol. The summed E-state index contributed by atoms with van der Waals surface area (Å²) >= 11 is 8.24. The van der Waals surface area contributed by atoms with Crippen LogP contribution in [0.4, 0.5) is 0 Å². The molecular formula is C25H31ClN2OS. The van der Waals surface area contributed by atoms with E-state index in [1.54, 1.807) is 0 Å². The molecule has 1 heterocycles. The fourth-order valence-electron chi connectivity index (χ4n) is 4.02. The van der Waals surface area contributed by atoms with Crippen LogP contribution in [-0.2, 0) is 16.8 Å². The molecule has 3 nitrogen and oxygen atoms in total. The van der Waals surface area contributed by atoms with Gasteiger partial charge in [0, 0.05) is 35.5 Å². The number of carbonyl (C=O) groups excluding carboxylic acids is 1. The fraction of sp³-hybridized carbons (Fsp3) is 0.480. The van der Waals surface area contributed by atoms with Gasteiger partial charge in [-0.05, 0) is 35.4 Å². The summed E-state index contributed by atoms with van der Waals surface area (Å²) in [7, 11) is 0. The van der Waals surface area contributed by atoms with Crippen LogP contribution in [0.3, 0.4) is 0 Å². The monoisotopic (exact) mass is 442 g/mol. The third-order valence-corrected chi connectivity index (χ3v) is 7.58. The Kier molecular flexibility index (Phi) is 6.47. The van der Waals surface area contributed by atoms with Gasteiger partial charge in [-0.3, -0.25) is 9.69 Å². The lowest BCUT2D eigenvalue weighted by atomic mass is 9.87. The van der Waals surface area contributed by atoms with E-state index in [0.29, 0.717) is 12.6 Å². The standard InChI is InChI=1S/C25H31ClN2OS/c1-25(2,3)19-10-8-18(9-11-19)16-27(20-12-13-20)17-23(29)28-14-15-30-24(28)21-6-4-5-7-22(21)26/h4-11,20,24H,12-17H2,1-3H3/t24-/m0/s1. The van der Waals surface area contributed by atoms with Crippen molar-refractivity contribution in [2.45, 2.75) is 57.0 Å². The summed E-state index contributed by atoms with van der Waals surface area (Å²) in [6.07, 6.45) is 2.38. The molecule has 4 rings (SSSR count). The van der Waals surface area contributed by atoms with Crippen LogP contribution in [0.25, 0.3) is 0 Å². The topological polar surface area (TPSA) is 23.6 Å². The average Bonchev–Trinajstić information content (AvgIpc) is 3.44. The van der Waals surface area contributed by atoms with Crippen LogP contribution >= 0.6 is 23.4 Å². The van der Waals surface area contributed by atoms with Gasteiger partial charge in [-0.25, -0.2) is 0 Å². The maximum absolute atomic E-state index is 13.3. The normalized spacial score (nSPS) is 19.5. The van der Waals surface area contributed by atoms with Gasteiger partial charge in [0.25, 0.3) is 0 Å². The van der Waals surface area contributed by atoms with Gasteiger partial charge in [0.1, 0.15) is 5.37 Å². The lowest BCUT2D eigenvalue weighted by Crippen LogP contribution is -2.40. The minimum Gasteiger partial charge on any atom is -0.325 e. The molecule has 1 amide bonds. The molecule has 1 aliphatic carbocycles. The first kappa shape index (κ1) is 21.7. The van der Waals surface area contributed by atoms with E-state index in [0.717, 1.165) is 29.4 Å². The fourth-order valence-corrected chi connectivity index (χ4v) is 5.64. The van der Waals surface area contributed by atoms with E-state index in [1.807, 2.05) is 40.9 Å². The minimum atomic E-state index is 0.0262. The van der Waals surface area contributed by atoms with Gasteiger partial charge < -0.3 is 4.90 Å². The largest absolute Gasteiger partial charge is 0.325 e. The zero-order chi connectivity index (χ0) is 21.3. The molecule has 30 heavy (non-hydrogen) atoms. The van der Waals surface area contributed by atoms with E-state index in [2.05, 4.69) is 49.9 Å². The molecule has 0 spiro atoms. The molecule has 2 fully saturated rings. The van der Waals surface area contributed by atoms with Crippen LogP contribution in [-0.4, -0.2) is 40.6 Å².